The van der Waals surface area contributed by atoms with Crippen molar-refractivity contribution < 1.29 is 14.8 Å². The van der Waals surface area contributed by atoms with Crippen molar-refractivity contribution in [3.63, 3.8) is 0 Å². The van der Waals surface area contributed by atoms with Gasteiger partial charge in [-0.3, -0.25) is 19.6 Å². The van der Waals surface area contributed by atoms with E-state index in [-0.39, 0.29) is 23.7 Å². The third-order valence-corrected chi connectivity index (χ3v) is 3.15. The zero-order chi connectivity index (χ0) is 17.0. The Morgan fingerprint density at radius 2 is 2.17 bits per heavy atom. The second-order valence-electron chi connectivity index (χ2n) is 4.79. The Kier molecular flexibility index (Phi) is 4.69. The molecule has 9 nitrogen and oxygen atoms in total. The molecule has 1 heterocycles. The number of nitrogens with one attached hydrogen (secondary N) is 1. The van der Waals surface area contributed by atoms with Crippen molar-refractivity contribution in [1.29, 1.82) is 0 Å². The highest BCUT2D eigenvalue weighted by Crippen LogP contribution is 2.21. The number of para-hydroxylation sites is 1. The van der Waals surface area contributed by atoms with E-state index in [9.17, 15) is 20.0 Å². The van der Waals surface area contributed by atoms with Crippen LogP contribution in [0.25, 0.3) is 0 Å². The van der Waals surface area contributed by atoms with Crippen LogP contribution >= 0.6 is 0 Å². The quantitative estimate of drug-likeness (QED) is 0.488. The first-order chi connectivity index (χ1) is 10.9. The predicted molar refractivity (Wildman–Crippen MR) is 82.2 cm³/mol. The molecule has 0 radical (unpaired) electrons. The van der Waals surface area contributed by atoms with E-state index < -0.39 is 10.8 Å². The molecule has 2 N–H and O–H groups in total. The number of benzene rings is 1. The van der Waals surface area contributed by atoms with Gasteiger partial charge in [-0.05, 0) is 26.0 Å². The van der Waals surface area contributed by atoms with Crippen molar-refractivity contribution in [1.82, 2.24) is 15.2 Å². The molecule has 23 heavy (non-hydrogen) atoms. The minimum absolute atomic E-state index is 0.0414. The Bertz CT molecular complexity index is 781. The summed E-state index contributed by atoms with van der Waals surface area (Å²) in [7, 11) is 0. The number of carbonyl (C=O) groups excluding carboxylic acids is 1. The molecule has 0 unspecified atom stereocenters. The Hall–Kier alpha value is -3.23. The van der Waals surface area contributed by atoms with E-state index in [2.05, 4.69) is 15.6 Å². The zero-order valence-corrected chi connectivity index (χ0v) is 12.6. The molecule has 0 aliphatic rings. The van der Waals surface area contributed by atoms with Crippen molar-refractivity contribution in [3.05, 3.63) is 51.3 Å². The summed E-state index contributed by atoms with van der Waals surface area (Å²) in [5.41, 5.74) is 3.18. The highest BCUT2D eigenvalue weighted by molar-refractivity contribution is 5.84. The first-order valence-electron chi connectivity index (χ1n) is 6.68. The number of phenols is 1. The van der Waals surface area contributed by atoms with E-state index in [1.807, 2.05) is 0 Å². The lowest BCUT2D eigenvalue weighted by Crippen LogP contribution is -2.24. The summed E-state index contributed by atoms with van der Waals surface area (Å²) < 4.78 is 1.25. The molecule has 0 fully saturated rings. The monoisotopic (exact) mass is 317 g/mol. The molecular formula is C14H15N5O4. The van der Waals surface area contributed by atoms with Crippen LogP contribution in [0.1, 0.15) is 17.0 Å². The average Bonchev–Trinajstić information content (AvgIpc) is 2.75. The van der Waals surface area contributed by atoms with Gasteiger partial charge in [0.1, 0.15) is 23.7 Å². The number of hydrogen-bond donors (Lipinski definition) is 2. The van der Waals surface area contributed by atoms with E-state index in [1.165, 1.54) is 30.8 Å². The number of rotatable bonds is 5. The molecule has 0 atom stereocenters. The molecule has 0 aliphatic carbocycles. The molecule has 9 heteroatoms. The van der Waals surface area contributed by atoms with Crippen LogP contribution in [0.2, 0.25) is 0 Å². The van der Waals surface area contributed by atoms with Gasteiger partial charge in [-0.1, -0.05) is 12.1 Å². The predicted octanol–water partition coefficient (Wildman–Crippen LogP) is 1.26. The summed E-state index contributed by atoms with van der Waals surface area (Å²) >= 11 is 0. The van der Waals surface area contributed by atoms with Gasteiger partial charge < -0.3 is 5.11 Å². The van der Waals surface area contributed by atoms with Crippen LogP contribution in [0.4, 0.5) is 5.69 Å². The molecular weight excluding hydrogens is 302 g/mol. The highest BCUT2D eigenvalue weighted by Gasteiger charge is 2.22. The zero-order valence-electron chi connectivity index (χ0n) is 12.6. The number of aromatic nitrogens is 2. The smallest absolute Gasteiger partial charge is 0.312 e. The number of amides is 1. The molecule has 1 aromatic heterocycles. The van der Waals surface area contributed by atoms with Crippen molar-refractivity contribution in [3.8, 4) is 5.75 Å². The summed E-state index contributed by atoms with van der Waals surface area (Å²) in [5, 5.41) is 28.2. The van der Waals surface area contributed by atoms with Crippen molar-refractivity contribution in [2.45, 2.75) is 20.4 Å². The number of phenolic OH excluding ortho intramolecular Hbond substituents is 1. The molecule has 0 spiro atoms. The molecule has 0 aliphatic heterocycles. The van der Waals surface area contributed by atoms with E-state index >= 15 is 0 Å². The van der Waals surface area contributed by atoms with Crippen LogP contribution in [0, 0.1) is 24.0 Å². The van der Waals surface area contributed by atoms with Gasteiger partial charge in [0.05, 0.1) is 11.1 Å². The van der Waals surface area contributed by atoms with Gasteiger partial charge in [0.15, 0.2) is 0 Å². The number of hydrazone groups is 1. The Morgan fingerprint density at radius 3 is 2.78 bits per heavy atom. The first kappa shape index (κ1) is 16.1. The lowest BCUT2D eigenvalue weighted by Gasteiger charge is -2.02. The van der Waals surface area contributed by atoms with Gasteiger partial charge in [-0.2, -0.15) is 10.2 Å². The first-order valence-corrected chi connectivity index (χ1v) is 6.68. The maximum Gasteiger partial charge on any atom is 0.312 e. The molecule has 2 rings (SSSR count). The largest absolute Gasteiger partial charge is 0.507 e. The summed E-state index contributed by atoms with van der Waals surface area (Å²) in [4.78, 5) is 22.2. The molecule has 120 valence electrons. The molecule has 1 aromatic carbocycles. The summed E-state index contributed by atoms with van der Waals surface area (Å²) in [6, 6.07) is 6.52. The Morgan fingerprint density at radius 1 is 1.48 bits per heavy atom. The maximum absolute atomic E-state index is 11.8. The minimum atomic E-state index is -0.525. The number of carbonyl (C=O) groups is 1. The fourth-order valence-corrected chi connectivity index (χ4v) is 2.05. The van der Waals surface area contributed by atoms with E-state index in [1.54, 1.807) is 18.2 Å². The second-order valence-corrected chi connectivity index (χ2v) is 4.79. The number of aryl methyl sites for hydroxylation is 1. The number of hydrogen-bond acceptors (Lipinski definition) is 6. The van der Waals surface area contributed by atoms with Crippen LogP contribution in [0.5, 0.6) is 5.75 Å². The average molecular weight is 317 g/mol. The molecule has 2 aromatic rings. The standard InChI is InChI=1S/C14H15N5O4/c1-9-14(19(22)23)10(2)18(17-9)8-13(21)16-15-7-11-5-3-4-6-12(11)20/h3-7,20H,8H2,1-2H3,(H,16,21). The topological polar surface area (TPSA) is 123 Å². The molecule has 0 saturated carbocycles. The number of nitro groups is 1. The summed E-state index contributed by atoms with van der Waals surface area (Å²) in [6.45, 7) is 2.84. The van der Waals surface area contributed by atoms with Crippen molar-refractivity contribution in [2.24, 2.45) is 5.10 Å². The maximum atomic E-state index is 11.8. The number of aromatic hydroxyl groups is 1. The van der Waals surface area contributed by atoms with E-state index in [4.69, 9.17) is 0 Å². The second kappa shape index (κ2) is 6.69. The lowest BCUT2D eigenvalue weighted by atomic mass is 10.2. The minimum Gasteiger partial charge on any atom is -0.507 e. The molecule has 0 bridgehead atoms. The van der Waals surface area contributed by atoms with Gasteiger partial charge in [-0.15, -0.1) is 0 Å². The van der Waals surface area contributed by atoms with Crippen LogP contribution in [0.3, 0.4) is 0 Å². The van der Waals surface area contributed by atoms with Crippen molar-refractivity contribution >= 4 is 17.8 Å². The fourth-order valence-electron chi connectivity index (χ4n) is 2.05. The highest BCUT2D eigenvalue weighted by atomic mass is 16.6. The van der Waals surface area contributed by atoms with Gasteiger partial charge in [0.25, 0.3) is 5.91 Å². The van der Waals surface area contributed by atoms with E-state index in [0.717, 1.165) is 0 Å². The molecule has 1 amide bonds. The normalized spacial score (nSPS) is 10.9. The van der Waals surface area contributed by atoms with Crippen LogP contribution in [-0.2, 0) is 11.3 Å². The summed E-state index contributed by atoms with van der Waals surface area (Å²) in [5.74, 6) is -0.447. The van der Waals surface area contributed by atoms with Gasteiger partial charge >= 0.3 is 5.69 Å². The summed E-state index contributed by atoms with van der Waals surface area (Å²) in [6.07, 6.45) is 1.30. The van der Waals surface area contributed by atoms with Gasteiger partial charge in [0.2, 0.25) is 0 Å². The molecule has 0 saturated heterocycles. The van der Waals surface area contributed by atoms with Crippen LogP contribution < -0.4 is 5.43 Å². The van der Waals surface area contributed by atoms with Crippen molar-refractivity contribution in [2.75, 3.05) is 0 Å². The third-order valence-electron chi connectivity index (χ3n) is 3.15. The van der Waals surface area contributed by atoms with Crippen LogP contribution in [0.15, 0.2) is 29.4 Å². The Labute approximate surface area is 131 Å². The van der Waals surface area contributed by atoms with E-state index in [0.29, 0.717) is 11.3 Å². The SMILES string of the molecule is Cc1nn(CC(=O)NN=Cc2ccccc2O)c(C)c1[N+](=O)[O-]. The fraction of sp³-hybridized carbons (Fsp3) is 0.214. The lowest BCUT2D eigenvalue weighted by molar-refractivity contribution is -0.386. The van der Waals surface area contributed by atoms with Crippen LogP contribution in [-0.4, -0.2) is 31.9 Å². The third kappa shape index (κ3) is 3.70. The Balaban J connectivity index is 2.02. The van der Waals surface area contributed by atoms with Gasteiger partial charge in [-0.25, -0.2) is 5.43 Å². The van der Waals surface area contributed by atoms with Gasteiger partial charge in [0, 0.05) is 5.56 Å². The number of nitrogens with zero attached hydrogens (tertiary/aromatic N) is 4.